The van der Waals surface area contributed by atoms with Crippen LogP contribution in [0.15, 0.2) is 48.5 Å². The summed E-state index contributed by atoms with van der Waals surface area (Å²) in [6, 6.07) is 13.0. The molecule has 0 heterocycles. The molecule has 0 aromatic heterocycles. The first-order chi connectivity index (χ1) is 9.56. The minimum atomic E-state index is -0.659. The zero-order chi connectivity index (χ0) is 14.5. The summed E-state index contributed by atoms with van der Waals surface area (Å²) in [5.41, 5.74) is 0.374. The Labute approximate surface area is 122 Å². The van der Waals surface area contributed by atoms with E-state index in [1.54, 1.807) is 49.4 Å². The van der Waals surface area contributed by atoms with E-state index in [9.17, 15) is 9.18 Å². The molecule has 0 spiro atoms. The highest BCUT2D eigenvalue weighted by molar-refractivity contribution is 6.30. The molecular weight excluding hydrogens is 279 g/mol. The average molecular weight is 293 g/mol. The molecule has 2 aromatic rings. The van der Waals surface area contributed by atoms with Crippen molar-refractivity contribution in [3.63, 3.8) is 0 Å². The second-order valence-corrected chi connectivity index (χ2v) is 4.89. The first-order valence-electron chi connectivity index (χ1n) is 6.24. The summed E-state index contributed by atoms with van der Waals surface area (Å²) in [6.07, 6.45) is -0.651. The van der Waals surface area contributed by atoms with Gasteiger partial charge >= 0.3 is 0 Å². The van der Waals surface area contributed by atoms with E-state index in [2.05, 4.69) is 0 Å². The minimum Gasteiger partial charge on any atom is -0.483 e. The third kappa shape index (κ3) is 3.81. The molecule has 2 rings (SSSR count). The minimum absolute atomic E-state index is 0.00834. The van der Waals surface area contributed by atoms with Crippen LogP contribution in [-0.4, -0.2) is 11.9 Å². The maximum absolute atomic E-state index is 13.5. The molecule has 4 heteroatoms. The van der Waals surface area contributed by atoms with Gasteiger partial charge in [-0.05, 0) is 36.8 Å². The standard InChI is InChI=1S/C16H14ClFO2/c1-11(20-14-7-4-6-13(17)10-14)16(19)9-12-5-2-3-8-15(12)18/h2-8,10-11H,9H2,1H3. The molecule has 1 unspecified atom stereocenters. The Hall–Kier alpha value is -1.87. The van der Waals surface area contributed by atoms with Gasteiger partial charge in [-0.1, -0.05) is 35.9 Å². The van der Waals surface area contributed by atoms with Crippen molar-refractivity contribution in [1.82, 2.24) is 0 Å². The zero-order valence-electron chi connectivity index (χ0n) is 11.0. The number of rotatable bonds is 5. The van der Waals surface area contributed by atoms with Gasteiger partial charge in [0.05, 0.1) is 0 Å². The quantitative estimate of drug-likeness (QED) is 0.831. The van der Waals surface area contributed by atoms with Crippen molar-refractivity contribution in [2.45, 2.75) is 19.4 Å². The first kappa shape index (κ1) is 14.5. The zero-order valence-corrected chi connectivity index (χ0v) is 11.7. The number of carbonyl (C=O) groups excluding carboxylic acids is 1. The van der Waals surface area contributed by atoms with Gasteiger partial charge in [-0.3, -0.25) is 4.79 Å². The van der Waals surface area contributed by atoms with Crippen molar-refractivity contribution in [2.75, 3.05) is 0 Å². The van der Waals surface area contributed by atoms with Crippen LogP contribution in [0.25, 0.3) is 0 Å². The van der Waals surface area contributed by atoms with Crippen LogP contribution >= 0.6 is 11.6 Å². The molecule has 2 aromatic carbocycles. The van der Waals surface area contributed by atoms with Crippen LogP contribution in [0.1, 0.15) is 12.5 Å². The van der Waals surface area contributed by atoms with Gasteiger partial charge in [0.2, 0.25) is 0 Å². The summed E-state index contributed by atoms with van der Waals surface area (Å²) in [5, 5.41) is 0.538. The maximum Gasteiger partial charge on any atom is 0.177 e. The molecule has 0 N–H and O–H groups in total. The van der Waals surface area contributed by atoms with Gasteiger partial charge in [-0.25, -0.2) is 4.39 Å². The highest BCUT2D eigenvalue weighted by atomic mass is 35.5. The lowest BCUT2D eigenvalue weighted by Crippen LogP contribution is -2.25. The van der Waals surface area contributed by atoms with Crippen LogP contribution < -0.4 is 4.74 Å². The molecule has 0 amide bonds. The molecule has 20 heavy (non-hydrogen) atoms. The van der Waals surface area contributed by atoms with E-state index >= 15 is 0 Å². The molecule has 0 aliphatic heterocycles. The van der Waals surface area contributed by atoms with Crippen LogP contribution in [0.4, 0.5) is 4.39 Å². The molecular formula is C16H14ClFO2. The van der Waals surface area contributed by atoms with Crippen LogP contribution in [0.2, 0.25) is 5.02 Å². The van der Waals surface area contributed by atoms with E-state index < -0.39 is 6.10 Å². The van der Waals surface area contributed by atoms with Gasteiger partial charge in [-0.15, -0.1) is 0 Å². The van der Waals surface area contributed by atoms with Gasteiger partial charge in [0.1, 0.15) is 11.6 Å². The molecule has 0 saturated heterocycles. The van der Waals surface area contributed by atoms with Crippen molar-refractivity contribution in [1.29, 1.82) is 0 Å². The maximum atomic E-state index is 13.5. The Morgan fingerprint density at radius 2 is 2.00 bits per heavy atom. The molecule has 0 saturated carbocycles. The molecule has 1 atom stereocenters. The predicted molar refractivity (Wildman–Crippen MR) is 76.7 cm³/mol. The third-order valence-corrected chi connectivity index (χ3v) is 3.12. The number of carbonyl (C=O) groups is 1. The van der Waals surface area contributed by atoms with Crippen LogP contribution in [-0.2, 0) is 11.2 Å². The van der Waals surface area contributed by atoms with Crippen molar-refractivity contribution in [3.8, 4) is 5.75 Å². The molecule has 0 aliphatic rings. The van der Waals surface area contributed by atoms with Gasteiger partial charge in [-0.2, -0.15) is 0 Å². The fourth-order valence-corrected chi connectivity index (χ4v) is 1.96. The Bertz CT molecular complexity index is 613. The van der Waals surface area contributed by atoms with Crippen molar-refractivity contribution in [2.24, 2.45) is 0 Å². The molecule has 104 valence electrons. The highest BCUT2D eigenvalue weighted by Gasteiger charge is 2.17. The number of ketones is 1. The fraction of sp³-hybridized carbons (Fsp3) is 0.188. The molecule has 0 bridgehead atoms. The number of halogens is 2. The van der Waals surface area contributed by atoms with Crippen molar-refractivity contribution in [3.05, 3.63) is 64.9 Å². The van der Waals surface area contributed by atoms with Crippen LogP contribution in [0.5, 0.6) is 5.75 Å². The smallest absolute Gasteiger partial charge is 0.177 e. The second-order valence-electron chi connectivity index (χ2n) is 4.45. The van der Waals surface area contributed by atoms with E-state index in [0.717, 1.165) is 0 Å². The fourth-order valence-electron chi connectivity index (χ4n) is 1.78. The summed E-state index contributed by atoms with van der Waals surface area (Å²) < 4.78 is 19.0. The summed E-state index contributed by atoms with van der Waals surface area (Å²) in [4.78, 5) is 12.0. The Kier molecular flexibility index (Phi) is 4.74. The van der Waals surface area contributed by atoms with Crippen molar-refractivity contribution >= 4 is 17.4 Å². The van der Waals surface area contributed by atoms with E-state index in [1.807, 2.05) is 0 Å². The lowest BCUT2D eigenvalue weighted by molar-refractivity contribution is -0.124. The lowest BCUT2D eigenvalue weighted by atomic mass is 10.1. The van der Waals surface area contributed by atoms with Gasteiger partial charge in [0, 0.05) is 11.4 Å². The van der Waals surface area contributed by atoms with Gasteiger partial charge in [0.15, 0.2) is 11.9 Å². The Morgan fingerprint density at radius 1 is 1.25 bits per heavy atom. The van der Waals surface area contributed by atoms with Crippen molar-refractivity contribution < 1.29 is 13.9 Å². The van der Waals surface area contributed by atoms with E-state index in [0.29, 0.717) is 16.3 Å². The normalized spacial score (nSPS) is 11.9. The van der Waals surface area contributed by atoms with Crippen LogP contribution in [0, 0.1) is 5.82 Å². The number of hydrogen-bond acceptors (Lipinski definition) is 2. The third-order valence-electron chi connectivity index (χ3n) is 2.88. The molecule has 0 fully saturated rings. The number of Topliss-reactive ketones (excluding diaryl/α,β-unsaturated/α-hetero) is 1. The summed E-state index contributed by atoms with van der Waals surface area (Å²) in [7, 11) is 0. The Balaban J connectivity index is 2.01. The molecule has 0 aliphatic carbocycles. The summed E-state index contributed by atoms with van der Waals surface area (Å²) in [6.45, 7) is 1.64. The summed E-state index contributed by atoms with van der Waals surface area (Å²) in [5.74, 6) is -0.0437. The topological polar surface area (TPSA) is 26.3 Å². The first-order valence-corrected chi connectivity index (χ1v) is 6.62. The number of benzene rings is 2. The Morgan fingerprint density at radius 3 is 2.70 bits per heavy atom. The molecule has 0 radical (unpaired) electrons. The SMILES string of the molecule is CC(Oc1cccc(Cl)c1)C(=O)Cc1ccccc1F. The number of hydrogen-bond donors (Lipinski definition) is 0. The van der Waals surface area contributed by atoms with Gasteiger partial charge < -0.3 is 4.74 Å². The molecule has 2 nitrogen and oxygen atoms in total. The summed E-state index contributed by atoms with van der Waals surface area (Å²) >= 11 is 5.84. The number of ether oxygens (including phenoxy) is 1. The van der Waals surface area contributed by atoms with Crippen LogP contribution in [0.3, 0.4) is 0 Å². The van der Waals surface area contributed by atoms with E-state index in [1.165, 1.54) is 6.07 Å². The predicted octanol–water partition coefficient (Wildman–Crippen LogP) is 4.06. The van der Waals surface area contributed by atoms with Gasteiger partial charge in [0.25, 0.3) is 0 Å². The van der Waals surface area contributed by atoms with E-state index in [-0.39, 0.29) is 18.0 Å². The van der Waals surface area contributed by atoms with E-state index in [4.69, 9.17) is 16.3 Å². The average Bonchev–Trinajstić information content (AvgIpc) is 2.41. The second kappa shape index (κ2) is 6.53. The largest absolute Gasteiger partial charge is 0.483 e. The highest BCUT2D eigenvalue weighted by Crippen LogP contribution is 2.19. The monoisotopic (exact) mass is 292 g/mol. The lowest BCUT2D eigenvalue weighted by Gasteiger charge is -2.14.